The molecule has 2 N–H and O–H groups in total. The van der Waals surface area contributed by atoms with Crippen LogP contribution in [0.5, 0.6) is 0 Å². The third kappa shape index (κ3) is 5.48. The summed E-state index contributed by atoms with van der Waals surface area (Å²) in [5.41, 5.74) is 1.78. The van der Waals surface area contributed by atoms with Crippen LogP contribution in [0.25, 0.3) is 0 Å². The van der Waals surface area contributed by atoms with Gasteiger partial charge >= 0.3 is 5.97 Å². The van der Waals surface area contributed by atoms with Gasteiger partial charge in [0.1, 0.15) is 0 Å². The van der Waals surface area contributed by atoms with Crippen LogP contribution in [-0.4, -0.2) is 23.5 Å². The largest absolute Gasteiger partial charge is 0.481 e. The van der Waals surface area contributed by atoms with Gasteiger partial charge in [0, 0.05) is 18.5 Å². The van der Waals surface area contributed by atoms with Gasteiger partial charge in [-0.2, -0.15) is 0 Å². The minimum atomic E-state index is -0.765. The average Bonchev–Trinajstić information content (AvgIpc) is 2.34. The summed E-state index contributed by atoms with van der Waals surface area (Å²) in [6.45, 7) is 2.57. The monoisotopic (exact) mass is 249 g/mol. The number of carboxylic acids is 1. The summed E-state index contributed by atoms with van der Waals surface area (Å²) in [6.07, 6.45) is 2.49. The van der Waals surface area contributed by atoms with Crippen molar-refractivity contribution in [3.8, 4) is 0 Å². The molecule has 1 aromatic carbocycles. The van der Waals surface area contributed by atoms with E-state index in [1.165, 1.54) is 0 Å². The molecule has 0 fully saturated rings. The second-order valence-corrected chi connectivity index (χ2v) is 4.33. The van der Waals surface area contributed by atoms with Gasteiger partial charge in [0.2, 0.25) is 0 Å². The van der Waals surface area contributed by atoms with Crippen molar-refractivity contribution in [2.24, 2.45) is 0 Å². The Hall–Kier alpha value is -1.84. The predicted octanol–water partition coefficient (Wildman–Crippen LogP) is 2.37. The maximum Gasteiger partial charge on any atom is 0.303 e. The Morgan fingerprint density at radius 3 is 2.39 bits per heavy atom. The van der Waals surface area contributed by atoms with E-state index < -0.39 is 5.97 Å². The number of carboxylic acid groups (broad SMARTS) is 1. The summed E-state index contributed by atoms with van der Waals surface area (Å²) < 4.78 is 0. The SMILES string of the molecule is Cc1ccc(C(=O)NCCCCCC(=O)O)cc1. The highest BCUT2D eigenvalue weighted by Gasteiger charge is 2.03. The first-order chi connectivity index (χ1) is 8.59. The number of hydrogen-bond donors (Lipinski definition) is 2. The van der Waals surface area contributed by atoms with Crippen LogP contribution >= 0.6 is 0 Å². The van der Waals surface area contributed by atoms with E-state index in [2.05, 4.69) is 5.32 Å². The number of rotatable bonds is 7. The second-order valence-electron chi connectivity index (χ2n) is 4.33. The van der Waals surface area contributed by atoms with Crippen molar-refractivity contribution in [1.29, 1.82) is 0 Å². The summed E-state index contributed by atoms with van der Waals surface area (Å²) in [5, 5.41) is 11.3. The van der Waals surface area contributed by atoms with Gasteiger partial charge in [0.05, 0.1) is 0 Å². The molecule has 0 spiro atoms. The van der Waals surface area contributed by atoms with Crippen LogP contribution in [0.2, 0.25) is 0 Å². The molecule has 0 heterocycles. The maximum atomic E-state index is 11.7. The number of carbonyl (C=O) groups is 2. The lowest BCUT2D eigenvalue weighted by molar-refractivity contribution is -0.137. The van der Waals surface area contributed by atoms with Gasteiger partial charge in [-0.15, -0.1) is 0 Å². The van der Waals surface area contributed by atoms with Gasteiger partial charge in [-0.1, -0.05) is 24.1 Å². The van der Waals surface area contributed by atoms with Gasteiger partial charge in [0.25, 0.3) is 5.91 Å². The van der Waals surface area contributed by atoms with Crippen molar-refractivity contribution in [2.45, 2.75) is 32.6 Å². The highest BCUT2D eigenvalue weighted by Crippen LogP contribution is 2.03. The van der Waals surface area contributed by atoms with E-state index in [-0.39, 0.29) is 12.3 Å². The van der Waals surface area contributed by atoms with E-state index in [1.807, 2.05) is 19.1 Å². The first kappa shape index (κ1) is 14.2. The van der Waals surface area contributed by atoms with Gasteiger partial charge in [-0.05, 0) is 31.9 Å². The summed E-state index contributed by atoms with van der Waals surface area (Å²) in [4.78, 5) is 22.0. The molecular weight excluding hydrogens is 230 g/mol. The van der Waals surface area contributed by atoms with Crippen LogP contribution in [0.15, 0.2) is 24.3 Å². The Balaban J connectivity index is 2.17. The van der Waals surface area contributed by atoms with Gasteiger partial charge in [0.15, 0.2) is 0 Å². The molecule has 0 saturated carbocycles. The Labute approximate surface area is 107 Å². The molecule has 0 aliphatic carbocycles. The van der Waals surface area contributed by atoms with Crippen LogP contribution in [0.4, 0.5) is 0 Å². The number of unbranched alkanes of at least 4 members (excludes halogenated alkanes) is 2. The number of nitrogens with one attached hydrogen (secondary N) is 1. The summed E-state index contributed by atoms with van der Waals surface area (Å²) in [6, 6.07) is 7.41. The van der Waals surface area contributed by atoms with Crippen LogP contribution in [0, 0.1) is 6.92 Å². The zero-order chi connectivity index (χ0) is 13.4. The molecule has 0 aliphatic heterocycles. The predicted molar refractivity (Wildman–Crippen MR) is 69.6 cm³/mol. The number of amides is 1. The Bertz CT molecular complexity index is 398. The lowest BCUT2D eigenvalue weighted by atomic mass is 10.1. The molecule has 0 saturated heterocycles. The first-order valence-corrected chi connectivity index (χ1v) is 6.16. The van der Waals surface area contributed by atoms with Crippen LogP contribution in [0.3, 0.4) is 0 Å². The number of hydrogen-bond acceptors (Lipinski definition) is 2. The molecule has 1 aromatic rings. The van der Waals surface area contributed by atoms with Crippen LogP contribution < -0.4 is 5.32 Å². The smallest absolute Gasteiger partial charge is 0.303 e. The molecule has 18 heavy (non-hydrogen) atoms. The van der Waals surface area contributed by atoms with Gasteiger partial charge in [-0.25, -0.2) is 0 Å². The number of carbonyl (C=O) groups excluding carboxylic acids is 1. The van der Waals surface area contributed by atoms with E-state index in [9.17, 15) is 9.59 Å². The quantitative estimate of drug-likeness (QED) is 0.729. The van der Waals surface area contributed by atoms with Crippen LogP contribution in [0.1, 0.15) is 41.6 Å². The van der Waals surface area contributed by atoms with Crippen molar-refractivity contribution >= 4 is 11.9 Å². The highest BCUT2D eigenvalue weighted by atomic mass is 16.4. The lowest BCUT2D eigenvalue weighted by Gasteiger charge is -2.05. The molecule has 4 heteroatoms. The van der Waals surface area contributed by atoms with Crippen molar-refractivity contribution in [3.63, 3.8) is 0 Å². The standard InChI is InChI=1S/C14H19NO3/c1-11-6-8-12(9-7-11)14(18)15-10-4-2-3-5-13(16)17/h6-9H,2-5,10H2,1H3,(H,15,18)(H,16,17). The molecular formula is C14H19NO3. The third-order valence-corrected chi connectivity index (χ3v) is 2.67. The topological polar surface area (TPSA) is 66.4 Å². The summed E-state index contributed by atoms with van der Waals surface area (Å²) >= 11 is 0. The highest BCUT2D eigenvalue weighted by molar-refractivity contribution is 5.94. The summed E-state index contributed by atoms with van der Waals surface area (Å²) in [7, 11) is 0. The average molecular weight is 249 g/mol. The van der Waals surface area contributed by atoms with E-state index in [0.717, 1.165) is 18.4 Å². The van der Waals surface area contributed by atoms with E-state index in [0.29, 0.717) is 18.5 Å². The molecule has 1 amide bonds. The lowest BCUT2D eigenvalue weighted by Crippen LogP contribution is -2.24. The van der Waals surface area contributed by atoms with E-state index >= 15 is 0 Å². The minimum absolute atomic E-state index is 0.0757. The fourth-order valence-corrected chi connectivity index (χ4v) is 1.59. The molecule has 0 unspecified atom stereocenters. The minimum Gasteiger partial charge on any atom is -0.481 e. The van der Waals surface area contributed by atoms with E-state index in [1.54, 1.807) is 12.1 Å². The zero-order valence-corrected chi connectivity index (χ0v) is 10.6. The van der Waals surface area contributed by atoms with E-state index in [4.69, 9.17) is 5.11 Å². The first-order valence-electron chi connectivity index (χ1n) is 6.16. The van der Waals surface area contributed by atoms with Crippen molar-refractivity contribution in [1.82, 2.24) is 5.32 Å². The molecule has 0 aromatic heterocycles. The van der Waals surface area contributed by atoms with Crippen molar-refractivity contribution in [3.05, 3.63) is 35.4 Å². The Morgan fingerprint density at radius 2 is 1.78 bits per heavy atom. The van der Waals surface area contributed by atoms with Crippen molar-refractivity contribution < 1.29 is 14.7 Å². The summed E-state index contributed by atoms with van der Waals surface area (Å²) in [5.74, 6) is -0.841. The molecule has 0 bridgehead atoms. The number of aliphatic carboxylic acids is 1. The zero-order valence-electron chi connectivity index (χ0n) is 10.6. The molecule has 0 atom stereocenters. The van der Waals surface area contributed by atoms with Gasteiger partial charge < -0.3 is 10.4 Å². The fraction of sp³-hybridized carbons (Fsp3) is 0.429. The molecule has 1 rings (SSSR count). The number of aryl methyl sites for hydroxylation is 1. The fourth-order valence-electron chi connectivity index (χ4n) is 1.59. The third-order valence-electron chi connectivity index (χ3n) is 2.67. The number of benzene rings is 1. The van der Waals surface area contributed by atoms with Crippen LogP contribution in [-0.2, 0) is 4.79 Å². The van der Waals surface area contributed by atoms with Gasteiger partial charge in [-0.3, -0.25) is 9.59 Å². The van der Waals surface area contributed by atoms with Crippen molar-refractivity contribution in [2.75, 3.05) is 6.54 Å². The molecule has 0 aliphatic rings. The Morgan fingerprint density at radius 1 is 1.11 bits per heavy atom. The molecule has 4 nitrogen and oxygen atoms in total. The molecule has 0 radical (unpaired) electrons. The molecule has 98 valence electrons. The Kier molecular flexibility index (Phi) is 5.91. The maximum absolute atomic E-state index is 11.7. The second kappa shape index (κ2) is 7.48. The normalized spacial score (nSPS) is 10.1.